The number of carbonyl (C=O) groups is 2. The van der Waals surface area contributed by atoms with Crippen LogP contribution in [-0.2, 0) is 17.6 Å². The quantitative estimate of drug-likeness (QED) is 0.350. The molecule has 0 aromatic heterocycles. The largest absolute Gasteiger partial charge is 0.439 e. The van der Waals surface area contributed by atoms with Gasteiger partial charge >= 0.3 is 12.1 Å². The second-order valence-electron chi connectivity index (χ2n) is 13.7. The molecule has 3 saturated heterocycles. The number of halogens is 1. The molecule has 4 heterocycles. The Balaban J connectivity index is 1.09. The van der Waals surface area contributed by atoms with Crippen molar-refractivity contribution in [3.63, 3.8) is 0 Å². The maximum Gasteiger partial charge on any atom is 0.410 e. The minimum atomic E-state index is -0.466. The van der Waals surface area contributed by atoms with Crippen LogP contribution in [0.5, 0.6) is 0 Å². The normalized spacial score (nSPS) is 20.9. The zero-order chi connectivity index (χ0) is 32.2. The lowest BCUT2D eigenvalue weighted by Crippen LogP contribution is -2.51. The smallest absolute Gasteiger partial charge is 0.410 e. The number of likely N-dealkylation sites (tertiary alicyclic amines) is 3. The predicted molar refractivity (Wildman–Crippen MR) is 185 cm³/mol. The van der Waals surface area contributed by atoms with Crippen molar-refractivity contribution in [1.82, 2.24) is 19.6 Å². The van der Waals surface area contributed by atoms with Gasteiger partial charge in [0.2, 0.25) is 0 Å². The monoisotopic (exact) mass is 647 g/mol. The summed E-state index contributed by atoms with van der Waals surface area (Å²) in [6.07, 6.45) is 8.25. The fourth-order valence-electron chi connectivity index (χ4n) is 7.89. The molecule has 8 nitrogen and oxygen atoms in total. The van der Waals surface area contributed by atoms with Crippen LogP contribution in [0.2, 0.25) is 5.02 Å². The number of nitrogens with one attached hydrogen (secondary N) is 1. The molecule has 0 spiro atoms. The van der Waals surface area contributed by atoms with Gasteiger partial charge in [0.1, 0.15) is 6.10 Å². The molecule has 1 N–H and O–H groups in total. The number of anilines is 1. The Morgan fingerprint density at radius 2 is 1.54 bits per heavy atom. The van der Waals surface area contributed by atoms with Crippen molar-refractivity contribution in [3.8, 4) is 0 Å². The Kier molecular flexibility index (Phi) is 10.4. The van der Waals surface area contributed by atoms with Crippen LogP contribution in [0, 0.1) is 13.8 Å². The van der Waals surface area contributed by atoms with E-state index in [1.165, 1.54) is 32.4 Å². The maximum absolute atomic E-state index is 13.7. The van der Waals surface area contributed by atoms with Gasteiger partial charge in [-0.15, -0.1) is 0 Å². The van der Waals surface area contributed by atoms with Gasteiger partial charge in [-0.3, -0.25) is 0 Å². The summed E-state index contributed by atoms with van der Waals surface area (Å²) in [7, 11) is 0. The number of nitrogens with zero attached hydrogens (tertiary/aromatic N) is 4. The first-order valence-corrected chi connectivity index (χ1v) is 17.7. The molecule has 9 heteroatoms. The number of aryl methyl sites for hydroxylation is 2. The highest BCUT2D eigenvalue weighted by Gasteiger charge is 2.34. The summed E-state index contributed by atoms with van der Waals surface area (Å²) in [5.74, 6) is 0. The van der Waals surface area contributed by atoms with Crippen LogP contribution in [0.3, 0.4) is 0 Å². The van der Waals surface area contributed by atoms with Crippen molar-refractivity contribution in [2.75, 3.05) is 51.1 Å². The lowest BCUT2D eigenvalue weighted by molar-refractivity contribution is 0.0438. The number of carbonyl (C=O) groups excluding carboxylic acids is 2. The fourth-order valence-corrected chi connectivity index (χ4v) is 8.00. The van der Waals surface area contributed by atoms with E-state index in [4.69, 9.17) is 16.3 Å². The highest BCUT2D eigenvalue weighted by Crippen LogP contribution is 2.29. The van der Waals surface area contributed by atoms with E-state index in [-0.39, 0.29) is 18.2 Å². The van der Waals surface area contributed by atoms with Crippen LogP contribution in [0.4, 0.5) is 15.3 Å². The van der Waals surface area contributed by atoms with Crippen molar-refractivity contribution in [1.29, 1.82) is 0 Å². The Morgan fingerprint density at radius 1 is 0.913 bits per heavy atom. The molecule has 46 heavy (non-hydrogen) atoms. The topological polar surface area (TPSA) is 68.4 Å². The standard InChI is InChI=1S/C37H50ClN5O3/c1-26-23-29(24-27(2)35(26)38)25-34(28(3)40-18-12-31(13-19-40)41-16-7-4-8-17-41)46-37(45)42-20-14-32(15-21-42)43-22-11-30-9-5-6-10-33(30)39-36(43)44/h5-6,9-10,23-24,31-32,34H,3-4,7-8,11-22,25H2,1-2H3,(H,39,44)/t34-/m1/s1. The third-order valence-corrected chi connectivity index (χ3v) is 11.2. The number of hydrogen-bond acceptors (Lipinski definition) is 5. The first-order valence-electron chi connectivity index (χ1n) is 17.3. The zero-order valence-electron chi connectivity index (χ0n) is 27.6. The van der Waals surface area contributed by atoms with E-state index in [2.05, 4.69) is 39.9 Å². The molecule has 1 atom stereocenters. The summed E-state index contributed by atoms with van der Waals surface area (Å²) in [6, 6.07) is 12.9. The lowest BCUT2D eigenvalue weighted by Gasteiger charge is -2.42. The third kappa shape index (κ3) is 7.49. The minimum absolute atomic E-state index is 0.0556. The molecule has 0 saturated carbocycles. The van der Waals surface area contributed by atoms with E-state index in [1.54, 1.807) is 0 Å². The zero-order valence-corrected chi connectivity index (χ0v) is 28.4. The second-order valence-corrected chi connectivity index (χ2v) is 14.1. The number of rotatable bonds is 7. The van der Waals surface area contributed by atoms with Crippen molar-refractivity contribution in [2.24, 2.45) is 0 Å². The van der Waals surface area contributed by atoms with Crippen LogP contribution >= 0.6 is 11.6 Å². The SMILES string of the molecule is C=C([C@@H](Cc1cc(C)c(Cl)c(C)c1)OC(=O)N1CCC(N2CCc3ccccc3NC2=O)CC1)N1CCC(N2CCCCC2)CC1. The van der Waals surface area contributed by atoms with E-state index in [1.807, 2.05) is 41.8 Å². The molecule has 2 aromatic rings. The number of fused-ring (bicyclic) bond motifs is 1. The van der Waals surface area contributed by atoms with E-state index in [0.29, 0.717) is 32.1 Å². The molecule has 2 aromatic carbocycles. The number of urea groups is 1. The molecule has 248 valence electrons. The number of piperidine rings is 3. The lowest BCUT2D eigenvalue weighted by atomic mass is 9.97. The molecule has 0 aliphatic carbocycles. The molecule has 0 unspecified atom stereocenters. The molecular formula is C37H50ClN5O3. The minimum Gasteiger partial charge on any atom is -0.439 e. The van der Waals surface area contributed by atoms with E-state index >= 15 is 0 Å². The Bertz CT molecular complexity index is 1390. The Labute approximate surface area is 279 Å². The van der Waals surface area contributed by atoms with Crippen LogP contribution < -0.4 is 5.32 Å². The number of ether oxygens (including phenoxy) is 1. The van der Waals surface area contributed by atoms with Gasteiger partial charge in [-0.1, -0.05) is 54.9 Å². The van der Waals surface area contributed by atoms with Crippen molar-refractivity contribution < 1.29 is 14.3 Å². The molecule has 3 fully saturated rings. The molecule has 6 rings (SSSR count). The van der Waals surface area contributed by atoms with Gasteiger partial charge in [0.05, 0.1) is 0 Å². The van der Waals surface area contributed by atoms with Gasteiger partial charge in [-0.25, -0.2) is 9.59 Å². The molecule has 4 aliphatic rings. The van der Waals surface area contributed by atoms with Crippen molar-refractivity contribution in [2.45, 2.75) is 89.8 Å². The average Bonchev–Trinajstić information content (AvgIpc) is 3.25. The van der Waals surface area contributed by atoms with Crippen LogP contribution in [-0.4, -0.2) is 95.7 Å². The first-order chi connectivity index (χ1) is 22.3. The summed E-state index contributed by atoms with van der Waals surface area (Å²) >= 11 is 6.49. The van der Waals surface area contributed by atoms with Crippen molar-refractivity contribution in [3.05, 3.63) is 76.0 Å². The summed E-state index contributed by atoms with van der Waals surface area (Å²) in [5.41, 5.74) is 6.08. The molecular weight excluding hydrogens is 598 g/mol. The fraction of sp³-hybridized carbons (Fsp3) is 0.568. The summed E-state index contributed by atoms with van der Waals surface area (Å²) in [4.78, 5) is 35.6. The highest BCUT2D eigenvalue weighted by atomic mass is 35.5. The van der Waals surface area contributed by atoms with Crippen molar-refractivity contribution >= 4 is 29.4 Å². The van der Waals surface area contributed by atoms with E-state index in [0.717, 1.165) is 83.9 Å². The third-order valence-electron chi connectivity index (χ3n) is 10.6. The molecule has 4 aliphatic heterocycles. The second kappa shape index (κ2) is 14.7. The molecule has 0 bridgehead atoms. The molecule has 0 radical (unpaired) electrons. The molecule has 3 amide bonds. The maximum atomic E-state index is 13.7. The predicted octanol–water partition coefficient (Wildman–Crippen LogP) is 7.02. The first kappa shape index (κ1) is 32.7. The summed E-state index contributed by atoms with van der Waals surface area (Å²) < 4.78 is 6.34. The van der Waals surface area contributed by atoms with Gasteiger partial charge in [-0.05, 0) is 100 Å². The number of para-hydroxylation sites is 1. The Morgan fingerprint density at radius 3 is 2.24 bits per heavy atom. The summed E-state index contributed by atoms with van der Waals surface area (Å²) in [6.45, 7) is 14.6. The van der Waals surface area contributed by atoms with Gasteiger partial charge < -0.3 is 29.7 Å². The highest BCUT2D eigenvalue weighted by molar-refractivity contribution is 6.32. The number of amides is 3. The van der Waals surface area contributed by atoms with Crippen LogP contribution in [0.1, 0.15) is 67.2 Å². The van der Waals surface area contributed by atoms with Gasteiger partial charge in [0.15, 0.2) is 0 Å². The Hall–Kier alpha value is -3.23. The van der Waals surface area contributed by atoms with Crippen LogP contribution in [0.25, 0.3) is 0 Å². The number of benzene rings is 2. The summed E-state index contributed by atoms with van der Waals surface area (Å²) in [5, 5.41) is 3.86. The van der Waals surface area contributed by atoms with E-state index in [9.17, 15) is 9.59 Å². The number of hydrogen-bond donors (Lipinski definition) is 1. The van der Waals surface area contributed by atoms with Gasteiger partial charge in [0, 0.05) is 67.6 Å². The van der Waals surface area contributed by atoms with Gasteiger partial charge in [0.25, 0.3) is 0 Å². The van der Waals surface area contributed by atoms with E-state index < -0.39 is 6.10 Å². The average molecular weight is 648 g/mol. The van der Waals surface area contributed by atoms with Crippen LogP contribution in [0.15, 0.2) is 48.7 Å². The van der Waals surface area contributed by atoms with Gasteiger partial charge in [-0.2, -0.15) is 0 Å².